The molecule has 0 aromatic heterocycles. The van der Waals surface area contributed by atoms with Gasteiger partial charge in [0.25, 0.3) is 5.91 Å². The summed E-state index contributed by atoms with van der Waals surface area (Å²) in [6.45, 7) is 4.48. The first kappa shape index (κ1) is 26.3. The Kier molecular flexibility index (Phi) is 8.23. The quantitative estimate of drug-likeness (QED) is 0.289. The van der Waals surface area contributed by atoms with Crippen molar-refractivity contribution in [2.45, 2.75) is 25.8 Å². The smallest absolute Gasteiger partial charge is 0.295 e. The fourth-order valence-electron chi connectivity index (χ4n) is 4.58. The summed E-state index contributed by atoms with van der Waals surface area (Å²) in [5.74, 6) is 0.0470. The van der Waals surface area contributed by atoms with Gasteiger partial charge in [-0.3, -0.25) is 9.59 Å². The number of carbonyl (C=O) groups excluding carboxylic acids is 2. The van der Waals surface area contributed by atoms with Crippen molar-refractivity contribution in [2.24, 2.45) is 0 Å². The van der Waals surface area contributed by atoms with Crippen LogP contribution in [0.5, 0.6) is 23.0 Å². The monoisotopic (exact) mass is 510 g/mol. The van der Waals surface area contributed by atoms with Crippen molar-refractivity contribution >= 4 is 17.4 Å². The number of methoxy groups -OCH3 is 1. The molecule has 0 bridgehead atoms. The van der Waals surface area contributed by atoms with Gasteiger partial charge >= 0.3 is 0 Å². The van der Waals surface area contributed by atoms with Crippen LogP contribution >= 0.6 is 0 Å². The molecule has 2 aromatic rings. The van der Waals surface area contributed by atoms with Crippen LogP contribution in [0.15, 0.2) is 42.0 Å². The number of nitrogens with zero attached hydrogens (tertiary/aromatic N) is 1. The van der Waals surface area contributed by atoms with Crippen LogP contribution in [0.25, 0.3) is 5.76 Å². The zero-order valence-electron chi connectivity index (χ0n) is 21.8. The van der Waals surface area contributed by atoms with E-state index < -0.39 is 23.5 Å². The largest absolute Gasteiger partial charge is 0.872 e. The van der Waals surface area contributed by atoms with Gasteiger partial charge in [-0.05, 0) is 41.8 Å². The molecular weight excluding hydrogens is 476 g/mol. The molecule has 1 saturated heterocycles. The van der Waals surface area contributed by atoms with Gasteiger partial charge in [0.1, 0.15) is 13.2 Å². The Morgan fingerprint density at radius 1 is 1.08 bits per heavy atom. The van der Waals surface area contributed by atoms with Gasteiger partial charge in [-0.15, -0.1) is 0 Å². The molecule has 1 fully saturated rings. The van der Waals surface area contributed by atoms with Gasteiger partial charge < -0.3 is 33.9 Å². The van der Waals surface area contributed by atoms with Crippen molar-refractivity contribution in [3.8, 4) is 23.0 Å². The summed E-state index contributed by atoms with van der Waals surface area (Å²) < 4.78 is 22.5. The zero-order valence-corrected chi connectivity index (χ0v) is 21.8. The van der Waals surface area contributed by atoms with Gasteiger partial charge in [-0.1, -0.05) is 24.8 Å². The van der Waals surface area contributed by atoms with E-state index in [1.165, 1.54) is 16.9 Å². The van der Waals surface area contributed by atoms with E-state index in [1.807, 2.05) is 21.0 Å². The van der Waals surface area contributed by atoms with Crippen molar-refractivity contribution in [1.82, 2.24) is 4.90 Å². The zero-order chi connectivity index (χ0) is 26.5. The number of benzene rings is 2. The highest BCUT2D eigenvalue weighted by atomic mass is 16.6. The lowest BCUT2D eigenvalue weighted by Gasteiger charge is -2.28. The molecule has 0 aliphatic carbocycles. The number of hydrogen-bond acceptors (Lipinski definition) is 7. The molecule has 2 aromatic carbocycles. The number of ether oxygens (including phenoxy) is 4. The molecule has 198 valence electrons. The van der Waals surface area contributed by atoms with Crippen LogP contribution in [-0.4, -0.2) is 70.7 Å². The van der Waals surface area contributed by atoms with Crippen molar-refractivity contribution in [2.75, 3.05) is 54.1 Å². The molecule has 37 heavy (non-hydrogen) atoms. The Morgan fingerprint density at radius 2 is 1.84 bits per heavy atom. The molecule has 0 spiro atoms. The van der Waals surface area contributed by atoms with Crippen molar-refractivity contribution in [3.05, 3.63) is 53.1 Å². The third-order valence-electron chi connectivity index (χ3n) is 6.37. The normalized spacial score (nSPS) is 18.4. The van der Waals surface area contributed by atoms with E-state index in [-0.39, 0.29) is 11.1 Å². The standard InChI is InChI=1S/C28H34N2O7/c1-5-13-35-20-9-7-18(16-22(20)34-4)25-24(27(32)28(33)30(25)12-6-11-29(2)3)26(31)19-8-10-21-23(17-19)37-15-14-36-21/h7-10,16-17,25,31H,5-6,11-15H2,1-4H3/b26-24+. The summed E-state index contributed by atoms with van der Waals surface area (Å²) in [4.78, 5) is 29.2. The Labute approximate surface area is 217 Å². The third-order valence-corrected chi connectivity index (χ3v) is 6.37. The second-order valence-electron chi connectivity index (χ2n) is 9.40. The highest BCUT2D eigenvalue weighted by Crippen LogP contribution is 2.42. The molecule has 9 heteroatoms. The van der Waals surface area contributed by atoms with Gasteiger partial charge in [0, 0.05) is 18.5 Å². The molecule has 2 aliphatic rings. The molecule has 1 unspecified atom stereocenters. The fourth-order valence-corrected chi connectivity index (χ4v) is 4.58. The number of rotatable bonds is 10. The third kappa shape index (κ3) is 5.51. The van der Waals surface area contributed by atoms with E-state index in [2.05, 4.69) is 0 Å². The first-order valence-corrected chi connectivity index (χ1v) is 12.6. The molecule has 0 radical (unpaired) electrons. The number of amides is 1. The lowest BCUT2D eigenvalue weighted by atomic mass is 9.94. The molecule has 1 N–H and O–H groups in total. The number of Topliss-reactive ketones (excluding diaryl/α,β-unsaturated/α-hetero) is 1. The first-order chi connectivity index (χ1) is 17.8. The van der Waals surface area contributed by atoms with Gasteiger partial charge in [0.15, 0.2) is 23.0 Å². The van der Waals surface area contributed by atoms with Crippen molar-refractivity contribution in [1.29, 1.82) is 0 Å². The van der Waals surface area contributed by atoms with Crippen molar-refractivity contribution < 1.29 is 38.5 Å². The second-order valence-corrected chi connectivity index (χ2v) is 9.40. The number of likely N-dealkylation sites (tertiary alicyclic amines) is 1. The van der Waals surface area contributed by atoms with E-state index in [0.717, 1.165) is 13.0 Å². The van der Waals surface area contributed by atoms with E-state index in [0.29, 0.717) is 61.3 Å². The first-order valence-electron chi connectivity index (χ1n) is 12.6. The van der Waals surface area contributed by atoms with Crippen molar-refractivity contribution in [3.63, 3.8) is 0 Å². The highest BCUT2D eigenvalue weighted by Gasteiger charge is 2.44. The molecule has 2 heterocycles. The van der Waals surface area contributed by atoms with Crippen LogP contribution < -0.4 is 29.0 Å². The highest BCUT2D eigenvalue weighted by molar-refractivity contribution is 6.46. The van der Waals surface area contributed by atoms with Crippen LogP contribution in [0.4, 0.5) is 0 Å². The number of fused-ring (bicyclic) bond motifs is 1. The minimum Gasteiger partial charge on any atom is -0.872 e. The summed E-state index contributed by atoms with van der Waals surface area (Å²) >= 11 is 0. The van der Waals surface area contributed by atoms with E-state index >= 15 is 0 Å². The van der Waals surface area contributed by atoms with Gasteiger partial charge in [-0.2, -0.15) is 0 Å². The molecule has 4 rings (SSSR count). The maximum atomic E-state index is 13.8. The van der Waals surface area contributed by atoms with E-state index in [9.17, 15) is 14.7 Å². The Hall–Kier alpha value is -3.72. The Bertz CT molecular complexity index is 1190. The maximum Gasteiger partial charge on any atom is 0.295 e. The average Bonchev–Trinajstić information content (AvgIpc) is 3.16. The topological polar surface area (TPSA) is 102 Å². The average molecular weight is 511 g/mol. The Morgan fingerprint density at radius 3 is 2.54 bits per heavy atom. The number of nitrogens with one attached hydrogen (secondary N) is 1. The molecule has 0 saturated carbocycles. The summed E-state index contributed by atoms with van der Waals surface area (Å²) in [6.07, 6.45) is 1.51. The van der Waals surface area contributed by atoms with Crippen LogP contribution in [-0.2, 0) is 9.59 Å². The van der Waals surface area contributed by atoms with Crippen LogP contribution in [0.2, 0.25) is 0 Å². The maximum absolute atomic E-state index is 13.8. The lowest BCUT2D eigenvalue weighted by molar-refractivity contribution is -0.858. The molecule has 1 amide bonds. The van der Waals surface area contributed by atoms with E-state index in [4.69, 9.17) is 18.9 Å². The lowest BCUT2D eigenvalue weighted by Crippen LogP contribution is -3.05. The van der Waals surface area contributed by atoms with Gasteiger partial charge in [-0.25, -0.2) is 0 Å². The molecule has 1 atom stereocenters. The SMILES string of the molecule is CCCOc1ccc(C2/C(=C(\[O-])c3ccc4c(c3)OCCO4)C(=O)C(=O)N2CCC[NH+](C)C)cc1OC. The van der Waals surface area contributed by atoms with Gasteiger partial charge in [0.2, 0.25) is 5.78 Å². The summed E-state index contributed by atoms with van der Waals surface area (Å²) in [5.41, 5.74) is 0.793. The van der Waals surface area contributed by atoms with Gasteiger partial charge in [0.05, 0.1) is 40.4 Å². The van der Waals surface area contributed by atoms with Crippen LogP contribution in [0, 0.1) is 0 Å². The number of quaternary nitrogens is 1. The number of hydrogen-bond donors (Lipinski definition) is 1. The number of ketones is 1. The summed E-state index contributed by atoms with van der Waals surface area (Å²) in [6, 6.07) is 9.25. The molecular formula is C28H34N2O7. The molecule has 9 nitrogen and oxygen atoms in total. The second kappa shape index (κ2) is 11.6. The predicted molar refractivity (Wildman–Crippen MR) is 135 cm³/mol. The minimum atomic E-state index is -0.841. The summed E-state index contributed by atoms with van der Waals surface area (Å²) in [5, 5.41) is 13.8. The minimum absolute atomic E-state index is 0.0804. The summed E-state index contributed by atoms with van der Waals surface area (Å²) in [7, 11) is 5.58. The molecule has 2 aliphatic heterocycles. The van der Waals surface area contributed by atoms with Crippen LogP contribution in [0.1, 0.15) is 36.9 Å². The van der Waals surface area contributed by atoms with Crippen LogP contribution in [0.3, 0.4) is 0 Å². The predicted octanol–water partition coefficient (Wildman–Crippen LogP) is 1.01. The fraction of sp³-hybridized carbons (Fsp3) is 0.429. The van der Waals surface area contributed by atoms with E-state index in [1.54, 1.807) is 36.4 Å². The number of carbonyl (C=O) groups is 2. The Balaban J connectivity index is 1.80.